The van der Waals surface area contributed by atoms with Gasteiger partial charge in [-0.25, -0.2) is 13.8 Å². The Hall–Kier alpha value is -4.11. The Balaban J connectivity index is 1.78. The molecule has 0 atom stereocenters. The molecule has 0 fully saturated rings. The van der Waals surface area contributed by atoms with E-state index >= 15 is 0 Å². The average molecular weight is 484 g/mol. The molecule has 0 radical (unpaired) electrons. The number of nitrogens with one attached hydrogen (secondary N) is 1. The molecule has 34 heavy (non-hydrogen) atoms. The van der Waals surface area contributed by atoms with Crippen LogP contribution in [0.25, 0.3) is 16.6 Å². The van der Waals surface area contributed by atoms with Crippen molar-refractivity contribution < 1.29 is 18.7 Å². The summed E-state index contributed by atoms with van der Waals surface area (Å²) in [4.78, 5) is 39.3. The summed E-state index contributed by atoms with van der Waals surface area (Å²) in [5, 5.41) is 2.68. The number of para-hydroxylation sites is 1. The van der Waals surface area contributed by atoms with Gasteiger partial charge in [0.15, 0.2) is 11.5 Å². The second-order valence-corrected chi connectivity index (χ2v) is 7.65. The highest BCUT2D eigenvalue weighted by molar-refractivity contribution is 6.30. The van der Waals surface area contributed by atoms with Crippen LogP contribution in [0.15, 0.2) is 70.3 Å². The van der Waals surface area contributed by atoms with E-state index in [9.17, 15) is 18.8 Å². The van der Waals surface area contributed by atoms with Crippen molar-refractivity contribution in [2.75, 3.05) is 19.5 Å². The summed E-state index contributed by atoms with van der Waals surface area (Å²) in [7, 11) is 2.97. The Morgan fingerprint density at radius 3 is 2.44 bits per heavy atom. The number of ether oxygens (including phenoxy) is 2. The van der Waals surface area contributed by atoms with Gasteiger partial charge >= 0.3 is 5.69 Å². The number of methoxy groups -OCH3 is 2. The van der Waals surface area contributed by atoms with Gasteiger partial charge in [0.1, 0.15) is 12.4 Å². The van der Waals surface area contributed by atoms with Gasteiger partial charge in [0.25, 0.3) is 5.56 Å². The number of carbonyl (C=O) groups is 1. The Kier molecular flexibility index (Phi) is 6.38. The number of anilines is 1. The molecule has 0 spiro atoms. The van der Waals surface area contributed by atoms with Gasteiger partial charge in [-0.3, -0.25) is 14.2 Å². The molecule has 1 heterocycles. The van der Waals surface area contributed by atoms with Crippen molar-refractivity contribution in [3.8, 4) is 17.2 Å². The van der Waals surface area contributed by atoms with Crippen LogP contribution in [0.2, 0.25) is 5.02 Å². The van der Waals surface area contributed by atoms with Crippen LogP contribution in [-0.2, 0) is 11.3 Å². The largest absolute Gasteiger partial charge is 0.493 e. The van der Waals surface area contributed by atoms with Crippen molar-refractivity contribution in [2.24, 2.45) is 0 Å². The molecule has 4 rings (SSSR count). The lowest BCUT2D eigenvalue weighted by molar-refractivity contribution is -0.116. The maximum Gasteiger partial charge on any atom is 0.336 e. The standard InChI is InChI=1S/C24H19ClFN3O5/c1-33-20-10-7-14(11-21(20)34-2)27-22(30)13-28-19-6-4-3-5-16(19)23(31)29(24(28)32)15-8-9-18(26)17(25)12-15/h3-12H,13H2,1-2H3,(H,27,30). The van der Waals surface area contributed by atoms with Gasteiger partial charge in [-0.2, -0.15) is 0 Å². The maximum absolute atomic E-state index is 13.7. The van der Waals surface area contributed by atoms with E-state index in [1.165, 1.54) is 30.9 Å². The smallest absolute Gasteiger partial charge is 0.336 e. The van der Waals surface area contributed by atoms with Crippen LogP contribution in [0, 0.1) is 5.82 Å². The molecule has 4 aromatic rings. The zero-order valence-electron chi connectivity index (χ0n) is 18.2. The summed E-state index contributed by atoms with van der Waals surface area (Å²) in [6, 6.07) is 14.8. The highest BCUT2D eigenvalue weighted by Gasteiger charge is 2.17. The summed E-state index contributed by atoms with van der Waals surface area (Å²) in [6.45, 7) is -0.386. The van der Waals surface area contributed by atoms with Crippen molar-refractivity contribution >= 4 is 34.1 Å². The van der Waals surface area contributed by atoms with E-state index in [0.717, 1.165) is 10.6 Å². The molecule has 0 aliphatic carbocycles. The van der Waals surface area contributed by atoms with Crippen molar-refractivity contribution in [1.29, 1.82) is 0 Å². The Morgan fingerprint density at radius 1 is 1.00 bits per heavy atom. The van der Waals surface area contributed by atoms with Crippen LogP contribution in [0.5, 0.6) is 11.5 Å². The lowest BCUT2D eigenvalue weighted by Gasteiger charge is -2.15. The molecular formula is C24H19ClFN3O5. The number of nitrogens with zero attached hydrogens (tertiary/aromatic N) is 2. The number of aromatic nitrogens is 2. The fraction of sp³-hybridized carbons (Fsp3) is 0.125. The lowest BCUT2D eigenvalue weighted by atomic mass is 10.2. The second kappa shape index (κ2) is 9.40. The summed E-state index contributed by atoms with van der Waals surface area (Å²) < 4.78 is 26.1. The lowest BCUT2D eigenvalue weighted by Crippen LogP contribution is -2.40. The van der Waals surface area contributed by atoms with Gasteiger partial charge in [0.05, 0.1) is 35.8 Å². The summed E-state index contributed by atoms with van der Waals surface area (Å²) in [5.41, 5.74) is -0.585. The molecule has 0 saturated heterocycles. The van der Waals surface area contributed by atoms with Crippen molar-refractivity contribution in [1.82, 2.24) is 9.13 Å². The summed E-state index contributed by atoms with van der Waals surface area (Å²) >= 11 is 5.86. The molecule has 10 heteroatoms. The predicted octanol–water partition coefficient (Wildman–Crippen LogP) is 3.60. The van der Waals surface area contributed by atoms with E-state index in [0.29, 0.717) is 17.2 Å². The molecule has 0 saturated carbocycles. The summed E-state index contributed by atoms with van der Waals surface area (Å²) in [5.74, 6) is -0.284. The highest BCUT2D eigenvalue weighted by Crippen LogP contribution is 2.29. The Bertz CT molecular complexity index is 1530. The van der Waals surface area contributed by atoms with Gasteiger partial charge in [0, 0.05) is 11.8 Å². The number of fused-ring (bicyclic) bond motifs is 1. The number of carbonyl (C=O) groups excluding carboxylic acids is 1. The van der Waals surface area contributed by atoms with Gasteiger partial charge < -0.3 is 14.8 Å². The van der Waals surface area contributed by atoms with Gasteiger partial charge in [-0.15, -0.1) is 0 Å². The minimum atomic E-state index is -0.770. The minimum absolute atomic E-state index is 0.0844. The monoisotopic (exact) mass is 483 g/mol. The van der Waals surface area contributed by atoms with E-state index in [1.54, 1.807) is 42.5 Å². The normalized spacial score (nSPS) is 10.8. The molecule has 0 bridgehead atoms. The number of benzene rings is 3. The van der Waals surface area contributed by atoms with Gasteiger partial charge in [-0.05, 0) is 42.5 Å². The van der Waals surface area contributed by atoms with E-state index in [1.807, 2.05) is 0 Å². The quantitative estimate of drug-likeness (QED) is 0.452. The summed E-state index contributed by atoms with van der Waals surface area (Å²) in [6.07, 6.45) is 0. The molecule has 1 aromatic heterocycles. The van der Waals surface area contributed by atoms with Crippen molar-refractivity contribution in [2.45, 2.75) is 6.54 Å². The SMILES string of the molecule is COc1ccc(NC(=O)Cn2c(=O)n(-c3ccc(F)c(Cl)c3)c(=O)c3ccccc32)cc1OC. The molecule has 0 aliphatic heterocycles. The molecule has 0 unspecified atom stereocenters. The van der Waals surface area contributed by atoms with E-state index in [-0.39, 0.29) is 28.2 Å². The molecule has 1 amide bonds. The molecular weight excluding hydrogens is 465 g/mol. The van der Waals surface area contributed by atoms with Gasteiger partial charge in [0.2, 0.25) is 5.91 Å². The third kappa shape index (κ3) is 4.25. The minimum Gasteiger partial charge on any atom is -0.493 e. The van der Waals surface area contributed by atoms with E-state index in [2.05, 4.69) is 5.32 Å². The Morgan fingerprint density at radius 2 is 1.74 bits per heavy atom. The molecule has 174 valence electrons. The van der Waals surface area contributed by atoms with Crippen LogP contribution in [0.3, 0.4) is 0 Å². The number of halogens is 2. The van der Waals surface area contributed by atoms with Crippen LogP contribution in [0.1, 0.15) is 0 Å². The van der Waals surface area contributed by atoms with Crippen LogP contribution in [-0.4, -0.2) is 29.3 Å². The molecule has 0 aliphatic rings. The van der Waals surface area contributed by atoms with E-state index in [4.69, 9.17) is 21.1 Å². The predicted molar refractivity (Wildman–Crippen MR) is 127 cm³/mol. The first kappa shape index (κ1) is 23.1. The fourth-order valence-corrected chi connectivity index (χ4v) is 3.76. The zero-order valence-corrected chi connectivity index (χ0v) is 18.9. The third-order valence-electron chi connectivity index (χ3n) is 5.18. The second-order valence-electron chi connectivity index (χ2n) is 7.24. The number of amides is 1. The van der Waals surface area contributed by atoms with Crippen LogP contribution < -0.4 is 26.0 Å². The number of hydrogen-bond acceptors (Lipinski definition) is 5. The molecule has 1 N–H and O–H groups in total. The average Bonchev–Trinajstić information content (AvgIpc) is 2.84. The first-order valence-electron chi connectivity index (χ1n) is 10.1. The highest BCUT2D eigenvalue weighted by atomic mass is 35.5. The third-order valence-corrected chi connectivity index (χ3v) is 5.47. The van der Waals surface area contributed by atoms with Gasteiger partial charge in [-0.1, -0.05) is 23.7 Å². The first-order chi connectivity index (χ1) is 16.3. The molecule has 3 aromatic carbocycles. The van der Waals surface area contributed by atoms with Crippen molar-refractivity contribution in [3.63, 3.8) is 0 Å². The molecule has 8 nitrogen and oxygen atoms in total. The number of hydrogen-bond donors (Lipinski definition) is 1. The van der Waals surface area contributed by atoms with Crippen LogP contribution >= 0.6 is 11.6 Å². The van der Waals surface area contributed by atoms with Crippen molar-refractivity contribution in [3.05, 3.63) is 92.3 Å². The number of rotatable bonds is 6. The van der Waals surface area contributed by atoms with E-state index < -0.39 is 23.0 Å². The van der Waals surface area contributed by atoms with Crippen LogP contribution in [0.4, 0.5) is 10.1 Å². The zero-order chi connectivity index (χ0) is 24.4. The fourth-order valence-electron chi connectivity index (χ4n) is 3.58. The first-order valence-corrected chi connectivity index (χ1v) is 10.4. The maximum atomic E-state index is 13.7. The Labute approximate surface area is 197 Å². The topological polar surface area (TPSA) is 91.6 Å².